The first-order chi connectivity index (χ1) is 8.70. The summed E-state index contributed by atoms with van der Waals surface area (Å²) >= 11 is 0. The zero-order chi connectivity index (χ0) is 13.0. The van der Waals surface area contributed by atoms with Crippen LogP contribution in [-0.2, 0) is 0 Å². The third kappa shape index (κ3) is 2.83. The Morgan fingerprint density at radius 1 is 1.11 bits per heavy atom. The van der Waals surface area contributed by atoms with Gasteiger partial charge in [-0.15, -0.1) is 0 Å². The molecule has 0 aromatic heterocycles. The van der Waals surface area contributed by atoms with Crippen molar-refractivity contribution in [3.8, 4) is 0 Å². The number of rotatable bonds is 4. The van der Waals surface area contributed by atoms with E-state index in [1.54, 1.807) is 0 Å². The van der Waals surface area contributed by atoms with Gasteiger partial charge in [-0.3, -0.25) is 0 Å². The molecule has 1 unspecified atom stereocenters. The minimum Gasteiger partial charge on any atom is -0.397 e. The molecule has 18 heavy (non-hydrogen) atoms. The van der Waals surface area contributed by atoms with E-state index in [9.17, 15) is 0 Å². The van der Waals surface area contributed by atoms with Crippen molar-refractivity contribution in [3.63, 3.8) is 0 Å². The highest BCUT2D eigenvalue weighted by Gasteiger charge is 2.10. The molecule has 0 bridgehead atoms. The Kier molecular flexibility index (Phi) is 3.88. The first-order valence-electron chi connectivity index (χ1n) is 6.38. The van der Waals surface area contributed by atoms with Crippen molar-refractivity contribution in [1.82, 2.24) is 0 Å². The van der Waals surface area contributed by atoms with Crippen molar-refractivity contribution in [2.24, 2.45) is 0 Å². The Hall–Kier alpha value is -1.96. The van der Waals surface area contributed by atoms with E-state index >= 15 is 0 Å². The number of hydrogen-bond donors (Lipinski definition) is 2. The van der Waals surface area contributed by atoms with Gasteiger partial charge in [-0.2, -0.15) is 0 Å². The van der Waals surface area contributed by atoms with Crippen LogP contribution in [-0.4, -0.2) is 0 Å². The topological polar surface area (TPSA) is 38.0 Å². The van der Waals surface area contributed by atoms with Crippen LogP contribution in [0.5, 0.6) is 0 Å². The molecule has 94 valence electrons. The molecule has 0 spiro atoms. The van der Waals surface area contributed by atoms with Gasteiger partial charge in [-0.25, -0.2) is 0 Å². The van der Waals surface area contributed by atoms with E-state index in [4.69, 9.17) is 5.73 Å². The predicted molar refractivity (Wildman–Crippen MR) is 78.7 cm³/mol. The van der Waals surface area contributed by atoms with Crippen molar-refractivity contribution >= 4 is 11.4 Å². The minimum absolute atomic E-state index is 0.301. The second-order valence-electron chi connectivity index (χ2n) is 4.61. The van der Waals surface area contributed by atoms with E-state index in [1.807, 2.05) is 18.2 Å². The molecule has 0 saturated heterocycles. The van der Waals surface area contributed by atoms with Gasteiger partial charge in [0, 0.05) is 0 Å². The SMILES string of the molecule is CCC(Nc1cc(C)ccc1N)c1ccccc1. The highest BCUT2D eigenvalue weighted by Crippen LogP contribution is 2.27. The molecule has 0 amide bonds. The van der Waals surface area contributed by atoms with Crippen LogP contribution in [0.1, 0.15) is 30.5 Å². The first kappa shape index (κ1) is 12.5. The maximum Gasteiger partial charge on any atom is 0.0581 e. The molecule has 3 N–H and O–H groups in total. The normalized spacial score (nSPS) is 12.1. The smallest absolute Gasteiger partial charge is 0.0581 e. The molecule has 2 aromatic carbocycles. The maximum atomic E-state index is 6.01. The second-order valence-corrected chi connectivity index (χ2v) is 4.61. The van der Waals surface area contributed by atoms with Gasteiger partial charge in [0.25, 0.3) is 0 Å². The molecule has 0 saturated carbocycles. The van der Waals surface area contributed by atoms with Crippen molar-refractivity contribution < 1.29 is 0 Å². The standard InChI is InChI=1S/C16H20N2/c1-3-15(13-7-5-4-6-8-13)18-16-11-12(2)9-10-14(16)17/h4-11,15,18H,3,17H2,1-2H3. The van der Waals surface area contributed by atoms with Crippen LogP contribution < -0.4 is 11.1 Å². The highest BCUT2D eigenvalue weighted by molar-refractivity contribution is 5.67. The molecule has 0 fully saturated rings. The molecule has 2 aromatic rings. The lowest BCUT2D eigenvalue weighted by Crippen LogP contribution is -2.11. The van der Waals surface area contributed by atoms with Crippen LogP contribution in [0.25, 0.3) is 0 Å². The molecule has 0 heterocycles. The number of nitrogens with one attached hydrogen (secondary N) is 1. The quantitative estimate of drug-likeness (QED) is 0.788. The van der Waals surface area contributed by atoms with Gasteiger partial charge in [-0.05, 0) is 36.6 Å². The van der Waals surface area contributed by atoms with Gasteiger partial charge in [0.15, 0.2) is 0 Å². The molecule has 0 aliphatic rings. The fourth-order valence-electron chi connectivity index (χ4n) is 2.09. The Balaban J connectivity index is 2.23. The van der Waals surface area contributed by atoms with Crippen LogP contribution >= 0.6 is 0 Å². The molecule has 2 nitrogen and oxygen atoms in total. The van der Waals surface area contributed by atoms with E-state index in [2.05, 4.69) is 49.5 Å². The molecule has 0 aliphatic carbocycles. The first-order valence-corrected chi connectivity index (χ1v) is 6.38. The van der Waals surface area contributed by atoms with Gasteiger partial charge >= 0.3 is 0 Å². The number of nitrogens with two attached hydrogens (primary N) is 1. The molecular weight excluding hydrogens is 220 g/mol. The molecule has 0 aliphatic heterocycles. The molecular formula is C16H20N2. The average Bonchev–Trinajstić information content (AvgIpc) is 2.41. The maximum absolute atomic E-state index is 6.01. The fraction of sp³-hybridized carbons (Fsp3) is 0.250. The number of aryl methyl sites for hydroxylation is 1. The third-order valence-electron chi connectivity index (χ3n) is 3.15. The van der Waals surface area contributed by atoms with Crippen molar-refractivity contribution in [2.45, 2.75) is 26.3 Å². The Morgan fingerprint density at radius 3 is 2.50 bits per heavy atom. The van der Waals surface area contributed by atoms with Crippen molar-refractivity contribution in [2.75, 3.05) is 11.1 Å². The number of hydrogen-bond acceptors (Lipinski definition) is 2. The van der Waals surface area contributed by atoms with Gasteiger partial charge in [-0.1, -0.05) is 43.3 Å². The average molecular weight is 240 g/mol. The summed E-state index contributed by atoms with van der Waals surface area (Å²) < 4.78 is 0. The van der Waals surface area contributed by atoms with Crippen LogP contribution in [0.3, 0.4) is 0 Å². The lowest BCUT2D eigenvalue weighted by atomic mass is 10.0. The molecule has 1 atom stereocenters. The summed E-state index contributed by atoms with van der Waals surface area (Å²) in [6.45, 7) is 4.25. The highest BCUT2D eigenvalue weighted by atomic mass is 14.9. The van der Waals surface area contributed by atoms with E-state index in [1.165, 1.54) is 11.1 Å². The molecule has 2 heteroatoms. The number of benzene rings is 2. The second kappa shape index (κ2) is 5.58. The van der Waals surface area contributed by atoms with E-state index < -0.39 is 0 Å². The lowest BCUT2D eigenvalue weighted by Gasteiger charge is -2.20. The summed E-state index contributed by atoms with van der Waals surface area (Å²) in [5.41, 5.74) is 10.3. The predicted octanol–water partition coefficient (Wildman–Crippen LogP) is 4.14. The zero-order valence-corrected chi connectivity index (χ0v) is 11.0. The lowest BCUT2D eigenvalue weighted by molar-refractivity contribution is 0.750. The molecule has 0 radical (unpaired) electrons. The van der Waals surface area contributed by atoms with Crippen LogP contribution in [0.2, 0.25) is 0 Å². The largest absolute Gasteiger partial charge is 0.397 e. The van der Waals surface area contributed by atoms with Gasteiger partial charge < -0.3 is 11.1 Å². The summed E-state index contributed by atoms with van der Waals surface area (Å²) in [4.78, 5) is 0. The number of anilines is 2. The van der Waals surface area contributed by atoms with Crippen molar-refractivity contribution in [1.29, 1.82) is 0 Å². The van der Waals surface area contributed by atoms with E-state index in [-0.39, 0.29) is 0 Å². The van der Waals surface area contributed by atoms with E-state index in [0.29, 0.717) is 6.04 Å². The third-order valence-corrected chi connectivity index (χ3v) is 3.15. The fourth-order valence-corrected chi connectivity index (χ4v) is 2.09. The summed E-state index contributed by atoms with van der Waals surface area (Å²) in [6.07, 6.45) is 1.03. The van der Waals surface area contributed by atoms with Gasteiger partial charge in [0.05, 0.1) is 17.4 Å². The Labute approximate surface area is 109 Å². The molecule has 2 rings (SSSR count). The minimum atomic E-state index is 0.301. The Bertz CT molecular complexity index is 506. The monoisotopic (exact) mass is 240 g/mol. The summed E-state index contributed by atoms with van der Waals surface area (Å²) in [6, 6.07) is 16.9. The van der Waals surface area contributed by atoms with E-state index in [0.717, 1.165) is 17.8 Å². The van der Waals surface area contributed by atoms with Crippen LogP contribution in [0.4, 0.5) is 11.4 Å². The number of nitrogen functional groups attached to an aromatic ring is 1. The van der Waals surface area contributed by atoms with Crippen LogP contribution in [0, 0.1) is 6.92 Å². The summed E-state index contributed by atoms with van der Waals surface area (Å²) in [5.74, 6) is 0. The Morgan fingerprint density at radius 2 is 1.83 bits per heavy atom. The van der Waals surface area contributed by atoms with Gasteiger partial charge in [0.1, 0.15) is 0 Å². The van der Waals surface area contributed by atoms with Crippen LogP contribution in [0.15, 0.2) is 48.5 Å². The summed E-state index contributed by atoms with van der Waals surface area (Å²) in [5, 5.41) is 3.53. The van der Waals surface area contributed by atoms with Crippen molar-refractivity contribution in [3.05, 3.63) is 59.7 Å². The zero-order valence-electron chi connectivity index (χ0n) is 11.0. The van der Waals surface area contributed by atoms with Gasteiger partial charge in [0.2, 0.25) is 0 Å². The summed E-state index contributed by atoms with van der Waals surface area (Å²) in [7, 11) is 0.